The average molecular weight is 561 g/mol. The largest absolute Gasteiger partial charge is 0.496 e. The van der Waals surface area contributed by atoms with Crippen molar-refractivity contribution >= 4 is 37.5 Å². The van der Waals surface area contributed by atoms with Crippen molar-refractivity contribution in [2.75, 3.05) is 24.6 Å². The molecule has 1 unspecified atom stereocenters. The first-order valence-electron chi connectivity index (χ1n) is 11.0. The third-order valence-corrected chi connectivity index (χ3v) is 7.70. The van der Waals surface area contributed by atoms with Gasteiger partial charge in [0, 0.05) is 0 Å². The molecule has 0 saturated carbocycles. The van der Waals surface area contributed by atoms with E-state index < -0.39 is 15.9 Å². The SMILES string of the molecule is COc1ccc(S(=O)(=O)N(CC(=O)NC(C)COc2ccccc2C)c2ccc(C)cc2)cc1Br. The van der Waals surface area contributed by atoms with E-state index in [0.29, 0.717) is 15.9 Å². The molecule has 0 aliphatic carbocycles. The molecule has 0 fully saturated rings. The Balaban J connectivity index is 1.79. The number of amides is 1. The van der Waals surface area contributed by atoms with Crippen LogP contribution in [0.25, 0.3) is 0 Å². The highest BCUT2D eigenvalue weighted by molar-refractivity contribution is 9.10. The summed E-state index contributed by atoms with van der Waals surface area (Å²) < 4.78 is 39.8. The number of nitrogens with one attached hydrogen (secondary N) is 1. The van der Waals surface area contributed by atoms with Crippen molar-refractivity contribution in [1.82, 2.24) is 5.32 Å². The van der Waals surface area contributed by atoms with Crippen LogP contribution >= 0.6 is 15.9 Å². The van der Waals surface area contributed by atoms with Gasteiger partial charge in [0.15, 0.2) is 0 Å². The van der Waals surface area contributed by atoms with Crippen LogP contribution in [0.4, 0.5) is 5.69 Å². The Bertz CT molecular complexity index is 1280. The maximum atomic E-state index is 13.6. The van der Waals surface area contributed by atoms with Crippen molar-refractivity contribution in [3.05, 3.63) is 82.3 Å². The van der Waals surface area contributed by atoms with Crippen LogP contribution in [0.1, 0.15) is 18.1 Å². The monoisotopic (exact) mass is 560 g/mol. The molecule has 7 nitrogen and oxygen atoms in total. The zero-order valence-corrected chi connectivity index (χ0v) is 22.5. The van der Waals surface area contributed by atoms with E-state index in [1.807, 2.05) is 45.0 Å². The highest BCUT2D eigenvalue weighted by Crippen LogP contribution is 2.30. The second kappa shape index (κ2) is 11.6. The lowest BCUT2D eigenvalue weighted by atomic mass is 10.2. The quantitative estimate of drug-likeness (QED) is 0.383. The number of aryl methyl sites for hydroxylation is 2. The Morgan fingerprint density at radius 1 is 1.03 bits per heavy atom. The Kier molecular flexibility index (Phi) is 8.80. The van der Waals surface area contributed by atoms with Crippen molar-refractivity contribution in [1.29, 1.82) is 0 Å². The number of carbonyl (C=O) groups excluding carboxylic acids is 1. The first kappa shape index (κ1) is 26.6. The highest BCUT2D eigenvalue weighted by Gasteiger charge is 2.28. The number of halogens is 1. The standard InChI is InChI=1S/C26H29BrN2O5S/c1-18-9-11-21(12-10-18)29(35(31,32)22-13-14-25(33-4)23(27)15-22)16-26(30)28-20(3)17-34-24-8-6-5-7-19(24)2/h5-15,20H,16-17H2,1-4H3,(H,28,30). The number of ether oxygens (including phenoxy) is 2. The maximum Gasteiger partial charge on any atom is 0.264 e. The Morgan fingerprint density at radius 2 is 1.71 bits per heavy atom. The van der Waals surface area contributed by atoms with Crippen LogP contribution in [0, 0.1) is 13.8 Å². The van der Waals surface area contributed by atoms with Gasteiger partial charge in [-0.05, 0) is 78.7 Å². The minimum atomic E-state index is -4.05. The van der Waals surface area contributed by atoms with Crippen LogP contribution in [0.15, 0.2) is 76.1 Å². The van der Waals surface area contributed by atoms with Crippen LogP contribution in [-0.2, 0) is 14.8 Å². The molecule has 35 heavy (non-hydrogen) atoms. The van der Waals surface area contributed by atoms with Crippen LogP contribution in [-0.4, -0.2) is 40.6 Å². The Morgan fingerprint density at radius 3 is 2.34 bits per heavy atom. The molecule has 186 valence electrons. The fourth-order valence-corrected chi connectivity index (χ4v) is 5.53. The second-order valence-corrected chi connectivity index (χ2v) is 10.9. The van der Waals surface area contributed by atoms with Crippen molar-refractivity contribution in [2.24, 2.45) is 0 Å². The van der Waals surface area contributed by atoms with E-state index in [-0.39, 0.29) is 24.1 Å². The number of rotatable bonds is 10. The molecular weight excluding hydrogens is 532 g/mol. The lowest BCUT2D eigenvalue weighted by Gasteiger charge is -2.25. The summed E-state index contributed by atoms with van der Waals surface area (Å²) in [5.41, 5.74) is 2.36. The van der Waals surface area contributed by atoms with E-state index in [4.69, 9.17) is 9.47 Å². The van der Waals surface area contributed by atoms with Gasteiger partial charge >= 0.3 is 0 Å². The van der Waals surface area contributed by atoms with Gasteiger partial charge in [-0.15, -0.1) is 0 Å². The van der Waals surface area contributed by atoms with E-state index in [1.165, 1.54) is 19.2 Å². The van der Waals surface area contributed by atoms with Gasteiger partial charge in [-0.3, -0.25) is 9.10 Å². The topological polar surface area (TPSA) is 84.9 Å². The molecule has 0 radical (unpaired) electrons. The van der Waals surface area contributed by atoms with E-state index in [2.05, 4.69) is 21.2 Å². The fourth-order valence-electron chi connectivity index (χ4n) is 3.39. The second-order valence-electron chi connectivity index (χ2n) is 8.19. The molecule has 3 aromatic carbocycles. The number of sulfonamides is 1. The molecule has 0 heterocycles. The molecule has 0 aliphatic rings. The molecule has 3 aromatic rings. The first-order chi connectivity index (χ1) is 16.6. The molecule has 1 amide bonds. The van der Waals surface area contributed by atoms with Gasteiger partial charge in [0.05, 0.1) is 28.2 Å². The lowest BCUT2D eigenvalue weighted by Crippen LogP contribution is -2.45. The van der Waals surface area contributed by atoms with Crippen LogP contribution in [0.5, 0.6) is 11.5 Å². The summed E-state index contributed by atoms with van der Waals surface area (Å²) in [5, 5.41) is 2.84. The Labute approximate surface area is 215 Å². The van der Waals surface area contributed by atoms with Crippen molar-refractivity contribution in [3.63, 3.8) is 0 Å². The zero-order valence-electron chi connectivity index (χ0n) is 20.1. The molecule has 0 aromatic heterocycles. The first-order valence-corrected chi connectivity index (χ1v) is 13.3. The van der Waals surface area contributed by atoms with E-state index in [1.54, 1.807) is 30.3 Å². The van der Waals surface area contributed by atoms with Crippen LogP contribution < -0.4 is 19.1 Å². The summed E-state index contributed by atoms with van der Waals surface area (Å²) in [6, 6.07) is 18.7. The number of hydrogen-bond acceptors (Lipinski definition) is 5. The van der Waals surface area contributed by atoms with E-state index in [0.717, 1.165) is 21.2 Å². The maximum absolute atomic E-state index is 13.6. The number of methoxy groups -OCH3 is 1. The number of para-hydroxylation sites is 1. The van der Waals surface area contributed by atoms with Gasteiger partial charge in [-0.2, -0.15) is 0 Å². The van der Waals surface area contributed by atoms with Gasteiger partial charge in [0.25, 0.3) is 10.0 Å². The minimum absolute atomic E-state index is 0.0366. The molecule has 1 atom stereocenters. The van der Waals surface area contributed by atoms with Gasteiger partial charge in [0.1, 0.15) is 24.7 Å². The summed E-state index contributed by atoms with van der Waals surface area (Å²) in [6.07, 6.45) is 0. The molecule has 9 heteroatoms. The zero-order chi connectivity index (χ0) is 25.6. The number of benzene rings is 3. The number of anilines is 1. The molecule has 3 rings (SSSR count). The minimum Gasteiger partial charge on any atom is -0.496 e. The Hall–Kier alpha value is -3.04. The summed E-state index contributed by atoms with van der Waals surface area (Å²) in [4.78, 5) is 13.0. The van der Waals surface area contributed by atoms with Gasteiger partial charge in [-0.25, -0.2) is 8.42 Å². The smallest absolute Gasteiger partial charge is 0.264 e. The molecular formula is C26H29BrN2O5S. The predicted molar refractivity (Wildman–Crippen MR) is 141 cm³/mol. The highest BCUT2D eigenvalue weighted by atomic mass is 79.9. The van der Waals surface area contributed by atoms with Gasteiger partial charge < -0.3 is 14.8 Å². The molecule has 0 saturated heterocycles. The average Bonchev–Trinajstić information content (AvgIpc) is 2.82. The molecule has 1 N–H and O–H groups in total. The van der Waals surface area contributed by atoms with Gasteiger partial charge in [-0.1, -0.05) is 35.9 Å². The van der Waals surface area contributed by atoms with E-state index in [9.17, 15) is 13.2 Å². The van der Waals surface area contributed by atoms with Crippen LogP contribution in [0.2, 0.25) is 0 Å². The number of carbonyl (C=O) groups is 1. The summed E-state index contributed by atoms with van der Waals surface area (Å²) in [7, 11) is -2.55. The molecule has 0 bridgehead atoms. The van der Waals surface area contributed by atoms with Crippen molar-refractivity contribution in [2.45, 2.75) is 31.7 Å². The number of hydrogen-bond donors (Lipinski definition) is 1. The molecule has 0 aliphatic heterocycles. The summed E-state index contributed by atoms with van der Waals surface area (Å²) in [6.45, 7) is 5.52. The van der Waals surface area contributed by atoms with Crippen LogP contribution in [0.3, 0.4) is 0 Å². The summed E-state index contributed by atoms with van der Waals surface area (Å²) >= 11 is 3.34. The normalized spacial score (nSPS) is 12.0. The predicted octanol–water partition coefficient (Wildman–Crippen LogP) is 4.85. The van der Waals surface area contributed by atoms with Gasteiger partial charge in [0.2, 0.25) is 5.91 Å². The lowest BCUT2D eigenvalue weighted by molar-refractivity contribution is -0.120. The third kappa shape index (κ3) is 6.76. The van der Waals surface area contributed by atoms with E-state index >= 15 is 0 Å². The van der Waals surface area contributed by atoms with Crippen molar-refractivity contribution in [3.8, 4) is 11.5 Å². The third-order valence-electron chi connectivity index (χ3n) is 5.31. The summed E-state index contributed by atoms with van der Waals surface area (Å²) in [5.74, 6) is 0.802. The fraction of sp³-hybridized carbons (Fsp3) is 0.269. The molecule has 0 spiro atoms. The number of nitrogens with zero attached hydrogens (tertiary/aromatic N) is 1. The van der Waals surface area contributed by atoms with Crippen molar-refractivity contribution < 1.29 is 22.7 Å².